The fourth-order valence-electron chi connectivity index (χ4n) is 3.11. The van der Waals surface area contributed by atoms with Crippen LogP contribution in [-0.2, 0) is 17.8 Å². The Bertz CT molecular complexity index is 930. The second-order valence-electron chi connectivity index (χ2n) is 6.96. The van der Waals surface area contributed by atoms with Crippen molar-refractivity contribution in [1.29, 1.82) is 0 Å². The van der Waals surface area contributed by atoms with Crippen LogP contribution < -0.4 is 4.74 Å². The summed E-state index contributed by atoms with van der Waals surface area (Å²) in [7, 11) is 1.61. The molecule has 0 bridgehead atoms. The van der Waals surface area contributed by atoms with Crippen molar-refractivity contribution in [2.75, 3.05) is 7.11 Å². The maximum atomic E-state index is 11.1. The van der Waals surface area contributed by atoms with Crippen LogP contribution in [0, 0.1) is 5.92 Å². The number of nitrogens with zero attached hydrogens (tertiary/aromatic N) is 2. The minimum atomic E-state index is -0.860. The van der Waals surface area contributed by atoms with Crippen molar-refractivity contribution < 1.29 is 14.6 Å². The molecular formula is C22H24N2O3. The van der Waals surface area contributed by atoms with Gasteiger partial charge in [0.25, 0.3) is 0 Å². The molecule has 0 amide bonds. The highest BCUT2D eigenvalue weighted by Crippen LogP contribution is 2.33. The monoisotopic (exact) mass is 364 g/mol. The van der Waals surface area contributed by atoms with Gasteiger partial charge in [0.05, 0.1) is 24.9 Å². The highest BCUT2D eigenvalue weighted by molar-refractivity contribution is 5.76. The van der Waals surface area contributed by atoms with Crippen molar-refractivity contribution in [1.82, 2.24) is 9.78 Å². The zero-order valence-electron chi connectivity index (χ0n) is 15.8. The van der Waals surface area contributed by atoms with Crippen LogP contribution in [0.3, 0.4) is 0 Å². The van der Waals surface area contributed by atoms with Crippen LogP contribution in [0.25, 0.3) is 22.5 Å². The van der Waals surface area contributed by atoms with Crippen LogP contribution in [0.5, 0.6) is 5.75 Å². The molecule has 0 atom stereocenters. The van der Waals surface area contributed by atoms with Crippen LogP contribution in [0.4, 0.5) is 0 Å². The summed E-state index contributed by atoms with van der Waals surface area (Å²) in [6.45, 7) is 5.11. The number of benzene rings is 2. The Balaban J connectivity index is 2.11. The number of carboxylic acid groups (broad SMARTS) is 1. The molecule has 0 saturated heterocycles. The predicted octanol–water partition coefficient (Wildman–Crippen LogP) is 4.51. The average Bonchev–Trinajstić information content (AvgIpc) is 3.05. The van der Waals surface area contributed by atoms with Crippen molar-refractivity contribution in [2.24, 2.45) is 5.92 Å². The molecule has 3 aromatic rings. The Morgan fingerprint density at radius 2 is 1.89 bits per heavy atom. The number of aliphatic carboxylic acids is 1. The molecule has 3 rings (SSSR count). The van der Waals surface area contributed by atoms with Gasteiger partial charge in [-0.2, -0.15) is 5.10 Å². The maximum absolute atomic E-state index is 11.1. The Labute approximate surface area is 159 Å². The van der Waals surface area contributed by atoms with E-state index in [0.717, 1.165) is 34.6 Å². The van der Waals surface area contributed by atoms with E-state index in [9.17, 15) is 4.79 Å². The van der Waals surface area contributed by atoms with Crippen molar-refractivity contribution in [3.63, 3.8) is 0 Å². The van der Waals surface area contributed by atoms with Gasteiger partial charge in [-0.1, -0.05) is 50.2 Å². The molecule has 0 saturated carbocycles. The van der Waals surface area contributed by atoms with E-state index in [0.29, 0.717) is 11.7 Å². The SMILES string of the molecule is COc1ccc(CC(=O)O)cc1-c1cc(-c2ccccc2)n(CC(C)C)n1. The predicted molar refractivity (Wildman–Crippen MR) is 106 cm³/mol. The summed E-state index contributed by atoms with van der Waals surface area (Å²) in [6.07, 6.45) is -0.0325. The van der Waals surface area contributed by atoms with Crippen LogP contribution >= 0.6 is 0 Å². The van der Waals surface area contributed by atoms with Crippen LogP contribution in [0.15, 0.2) is 54.6 Å². The fraction of sp³-hybridized carbons (Fsp3) is 0.273. The average molecular weight is 364 g/mol. The number of rotatable bonds is 7. The minimum absolute atomic E-state index is 0.0325. The maximum Gasteiger partial charge on any atom is 0.307 e. The molecule has 0 fully saturated rings. The van der Waals surface area contributed by atoms with Crippen molar-refractivity contribution in [2.45, 2.75) is 26.8 Å². The summed E-state index contributed by atoms with van der Waals surface area (Å²) in [4.78, 5) is 11.1. The first-order chi connectivity index (χ1) is 13.0. The highest BCUT2D eigenvalue weighted by atomic mass is 16.5. The second kappa shape index (κ2) is 8.08. The van der Waals surface area contributed by atoms with Crippen molar-refractivity contribution >= 4 is 5.97 Å². The molecule has 1 N–H and O–H groups in total. The summed E-state index contributed by atoms with van der Waals surface area (Å²) >= 11 is 0. The first-order valence-electron chi connectivity index (χ1n) is 9.00. The number of carboxylic acids is 1. The molecule has 0 spiro atoms. The van der Waals surface area contributed by atoms with Gasteiger partial charge in [0.2, 0.25) is 0 Å². The molecular weight excluding hydrogens is 340 g/mol. The first kappa shape index (κ1) is 18.7. The molecule has 5 nitrogen and oxygen atoms in total. The molecule has 27 heavy (non-hydrogen) atoms. The van der Waals surface area contributed by atoms with Gasteiger partial charge < -0.3 is 9.84 Å². The zero-order chi connectivity index (χ0) is 19.4. The van der Waals surface area contributed by atoms with Gasteiger partial charge in [-0.3, -0.25) is 9.48 Å². The van der Waals surface area contributed by atoms with E-state index in [4.69, 9.17) is 14.9 Å². The van der Waals surface area contributed by atoms with Crippen molar-refractivity contribution in [3.8, 4) is 28.3 Å². The lowest BCUT2D eigenvalue weighted by Crippen LogP contribution is -2.07. The van der Waals surface area contributed by atoms with E-state index < -0.39 is 5.97 Å². The molecule has 1 aromatic heterocycles. The standard InChI is InChI=1S/C22H24N2O3/c1-15(2)14-24-20(17-7-5-4-6-8-17)13-19(23-24)18-11-16(12-22(25)26)9-10-21(18)27-3/h4-11,13,15H,12,14H2,1-3H3,(H,25,26). The molecule has 1 heterocycles. The molecule has 0 unspecified atom stereocenters. The number of hydrogen-bond donors (Lipinski definition) is 1. The number of aromatic nitrogens is 2. The third kappa shape index (κ3) is 4.37. The quantitative estimate of drug-likeness (QED) is 0.670. The van der Waals surface area contributed by atoms with Crippen LogP contribution in [0.1, 0.15) is 19.4 Å². The van der Waals surface area contributed by atoms with Gasteiger partial charge in [0, 0.05) is 12.1 Å². The van der Waals surface area contributed by atoms with Crippen LogP contribution in [-0.4, -0.2) is 28.0 Å². The number of ether oxygens (including phenoxy) is 1. The molecule has 0 aliphatic rings. The topological polar surface area (TPSA) is 64.3 Å². The Morgan fingerprint density at radius 3 is 2.52 bits per heavy atom. The molecule has 0 aliphatic heterocycles. The first-order valence-corrected chi connectivity index (χ1v) is 9.00. The van der Waals surface area contributed by atoms with E-state index in [2.05, 4.69) is 26.0 Å². The molecule has 0 aliphatic carbocycles. The minimum Gasteiger partial charge on any atom is -0.496 e. The summed E-state index contributed by atoms with van der Waals surface area (Å²) in [5.74, 6) is 0.264. The summed E-state index contributed by atoms with van der Waals surface area (Å²) in [5, 5.41) is 13.9. The van der Waals surface area contributed by atoms with Crippen molar-refractivity contribution in [3.05, 3.63) is 60.2 Å². The van der Waals surface area contributed by atoms with Gasteiger partial charge in [0.1, 0.15) is 5.75 Å². The number of carbonyl (C=O) groups is 1. The lowest BCUT2D eigenvalue weighted by atomic mass is 10.0. The Kier molecular flexibility index (Phi) is 5.60. The van der Waals surface area contributed by atoms with Gasteiger partial charge >= 0.3 is 5.97 Å². The van der Waals surface area contributed by atoms with Gasteiger partial charge in [-0.15, -0.1) is 0 Å². The second-order valence-corrected chi connectivity index (χ2v) is 6.96. The normalized spacial score (nSPS) is 11.0. The number of methoxy groups -OCH3 is 1. The summed E-state index contributed by atoms with van der Waals surface area (Å²) in [5.41, 5.74) is 4.43. The van der Waals surface area contributed by atoms with Gasteiger partial charge in [-0.05, 0) is 35.2 Å². The lowest BCUT2D eigenvalue weighted by Gasteiger charge is -2.10. The summed E-state index contributed by atoms with van der Waals surface area (Å²) < 4.78 is 7.51. The summed E-state index contributed by atoms with van der Waals surface area (Å²) in [6, 6.07) is 17.6. The lowest BCUT2D eigenvalue weighted by molar-refractivity contribution is -0.136. The van der Waals surface area contributed by atoms with E-state index in [-0.39, 0.29) is 6.42 Å². The fourth-order valence-corrected chi connectivity index (χ4v) is 3.11. The Hall–Kier alpha value is -3.08. The largest absolute Gasteiger partial charge is 0.496 e. The van der Waals surface area contributed by atoms with E-state index in [1.54, 1.807) is 19.2 Å². The molecule has 0 radical (unpaired) electrons. The van der Waals surface area contributed by atoms with E-state index >= 15 is 0 Å². The van der Waals surface area contributed by atoms with E-state index in [1.165, 1.54) is 0 Å². The third-order valence-corrected chi connectivity index (χ3v) is 4.28. The van der Waals surface area contributed by atoms with Gasteiger partial charge in [0.15, 0.2) is 0 Å². The highest BCUT2D eigenvalue weighted by Gasteiger charge is 2.16. The Morgan fingerprint density at radius 1 is 1.15 bits per heavy atom. The zero-order valence-corrected chi connectivity index (χ0v) is 15.8. The van der Waals surface area contributed by atoms with E-state index in [1.807, 2.05) is 35.0 Å². The van der Waals surface area contributed by atoms with Gasteiger partial charge in [-0.25, -0.2) is 0 Å². The number of hydrogen-bond acceptors (Lipinski definition) is 3. The third-order valence-electron chi connectivity index (χ3n) is 4.28. The van der Waals surface area contributed by atoms with Crippen LogP contribution in [0.2, 0.25) is 0 Å². The molecule has 140 valence electrons. The molecule has 2 aromatic carbocycles. The molecule has 5 heteroatoms. The smallest absolute Gasteiger partial charge is 0.307 e.